The van der Waals surface area contributed by atoms with E-state index < -0.39 is 11.7 Å². The van der Waals surface area contributed by atoms with Crippen molar-refractivity contribution in [3.8, 4) is 0 Å². The molecule has 0 aliphatic heterocycles. The molecule has 0 aliphatic rings. The normalized spacial score (nSPS) is 11.9. The third kappa shape index (κ3) is 4.02. The second-order valence-corrected chi connectivity index (χ2v) is 4.64. The third-order valence-corrected chi connectivity index (χ3v) is 2.82. The van der Waals surface area contributed by atoms with E-state index in [0.717, 1.165) is 6.07 Å². The molecule has 0 spiro atoms. The summed E-state index contributed by atoms with van der Waals surface area (Å²) in [4.78, 5) is 1.62. The number of hydrogen-bond donors (Lipinski definition) is 2. The molecule has 3 N–H and O–H groups in total. The van der Waals surface area contributed by atoms with Crippen LogP contribution >= 0.6 is 0 Å². The molecule has 0 aliphatic carbocycles. The monoisotopic (exact) mass is 276 g/mol. The zero-order chi connectivity index (χ0) is 14.6. The predicted molar refractivity (Wildman–Crippen MR) is 70.0 cm³/mol. The van der Waals surface area contributed by atoms with Gasteiger partial charge in [0.2, 0.25) is 0 Å². The number of hydrogen-bond acceptors (Lipinski definition) is 3. The summed E-state index contributed by atoms with van der Waals surface area (Å²) >= 11 is 0. The molecule has 1 aromatic carbocycles. The van der Waals surface area contributed by atoms with E-state index in [-0.39, 0.29) is 24.0 Å². The number of nitrogen functional groups attached to an aromatic ring is 1. The van der Waals surface area contributed by atoms with E-state index in [2.05, 4.69) is 0 Å². The average Bonchev–Trinajstić information content (AvgIpc) is 2.29. The van der Waals surface area contributed by atoms with Crippen molar-refractivity contribution in [2.45, 2.75) is 32.5 Å². The van der Waals surface area contributed by atoms with Crippen molar-refractivity contribution >= 4 is 11.4 Å². The topological polar surface area (TPSA) is 49.5 Å². The van der Waals surface area contributed by atoms with E-state index >= 15 is 0 Å². The maximum Gasteiger partial charge on any atom is 0.418 e. The second kappa shape index (κ2) is 6.14. The molecule has 108 valence electrons. The summed E-state index contributed by atoms with van der Waals surface area (Å²) in [6, 6.07) is 3.69. The Balaban J connectivity index is 3.22. The lowest BCUT2D eigenvalue weighted by Crippen LogP contribution is -2.34. The van der Waals surface area contributed by atoms with Crippen LogP contribution in [0.15, 0.2) is 18.2 Å². The van der Waals surface area contributed by atoms with Crippen LogP contribution in [0.2, 0.25) is 0 Å². The molecule has 1 aromatic rings. The van der Waals surface area contributed by atoms with Gasteiger partial charge in [-0.3, -0.25) is 0 Å². The molecule has 0 heterocycles. The lowest BCUT2D eigenvalue weighted by atomic mass is 10.1. The van der Waals surface area contributed by atoms with Crippen LogP contribution in [-0.4, -0.2) is 24.3 Å². The van der Waals surface area contributed by atoms with Crippen molar-refractivity contribution < 1.29 is 18.3 Å². The highest BCUT2D eigenvalue weighted by atomic mass is 19.4. The largest absolute Gasteiger partial charge is 0.418 e. The van der Waals surface area contributed by atoms with Gasteiger partial charge in [-0.25, -0.2) is 0 Å². The molecular formula is C13H19F3N2O. The van der Waals surface area contributed by atoms with Crippen molar-refractivity contribution in [3.05, 3.63) is 23.8 Å². The third-order valence-electron chi connectivity index (χ3n) is 2.82. The van der Waals surface area contributed by atoms with E-state index in [1.165, 1.54) is 12.1 Å². The number of alkyl halides is 3. The lowest BCUT2D eigenvalue weighted by molar-refractivity contribution is -0.137. The van der Waals surface area contributed by atoms with E-state index in [0.29, 0.717) is 13.0 Å². The Hall–Kier alpha value is -1.43. The summed E-state index contributed by atoms with van der Waals surface area (Å²) < 4.78 is 39.1. The highest BCUT2D eigenvalue weighted by Gasteiger charge is 2.35. The summed E-state index contributed by atoms with van der Waals surface area (Å²) in [6.07, 6.45) is -4.03. The lowest BCUT2D eigenvalue weighted by Gasteiger charge is -2.31. The number of halogens is 3. The Kier molecular flexibility index (Phi) is 5.05. The fraction of sp³-hybridized carbons (Fsp3) is 0.538. The Morgan fingerprint density at radius 2 is 1.95 bits per heavy atom. The van der Waals surface area contributed by atoms with Gasteiger partial charge in [-0.15, -0.1) is 0 Å². The molecular weight excluding hydrogens is 257 g/mol. The minimum atomic E-state index is -4.45. The molecule has 0 unspecified atom stereocenters. The summed E-state index contributed by atoms with van der Waals surface area (Å²) in [5.41, 5.74) is 4.89. The van der Waals surface area contributed by atoms with Gasteiger partial charge < -0.3 is 15.7 Å². The molecule has 0 aromatic heterocycles. The Morgan fingerprint density at radius 3 is 2.42 bits per heavy atom. The maximum atomic E-state index is 13.0. The van der Waals surface area contributed by atoms with Crippen molar-refractivity contribution in [2.24, 2.45) is 0 Å². The number of benzene rings is 1. The first kappa shape index (κ1) is 15.6. The fourth-order valence-corrected chi connectivity index (χ4v) is 1.93. The van der Waals surface area contributed by atoms with Crippen LogP contribution in [0.5, 0.6) is 0 Å². The minimum Gasteiger partial charge on any atom is -0.399 e. The summed E-state index contributed by atoms with van der Waals surface area (Å²) in [5.74, 6) is 0. The number of nitrogens with zero attached hydrogens (tertiary/aromatic N) is 1. The first-order valence-electron chi connectivity index (χ1n) is 6.11. The van der Waals surface area contributed by atoms with Crippen LogP contribution in [0.1, 0.15) is 25.8 Å². The van der Waals surface area contributed by atoms with E-state index in [1.807, 2.05) is 13.8 Å². The number of anilines is 2. The number of aliphatic hydroxyl groups excluding tert-OH is 1. The van der Waals surface area contributed by atoms with E-state index in [1.54, 1.807) is 4.90 Å². The molecule has 0 amide bonds. The van der Waals surface area contributed by atoms with Gasteiger partial charge in [0.25, 0.3) is 0 Å². The molecule has 0 fully saturated rings. The van der Waals surface area contributed by atoms with Gasteiger partial charge in [0.1, 0.15) is 0 Å². The van der Waals surface area contributed by atoms with E-state index in [4.69, 9.17) is 10.8 Å². The van der Waals surface area contributed by atoms with Crippen molar-refractivity contribution in [2.75, 3.05) is 23.8 Å². The number of rotatable bonds is 5. The van der Waals surface area contributed by atoms with Gasteiger partial charge in [0, 0.05) is 30.6 Å². The Bertz CT molecular complexity index is 419. The quantitative estimate of drug-likeness (QED) is 0.813. The van der Waals surface area contributed by atoms with Crippen LogP contribution in [0.3, 0.4) is 0 Å². The summed E-state index contributed by atoms with van der Waals surface area (Å²) in [7, 11) is 0. The van der Waals surface area contributed by atoms with Crippen LogP contribution in [-0.2, 0) is 6.18 Å². The van der Waals surface area contributed by atoms with E-state index in [9.17, 15) is 13.2 Å². The molecule has 0 bridgehead atoms. The molecule has 1 rings (SSSR count). The van der Waals surface area contributed by atoms with Crippen molar-refractivity contribution in [3.63, 3.8) is 0 Å². The summed E-state index contributed by atoms with van der Waals surface area (Å²) in [6.45, 7) is 3.93. The van der Waals surface area contributed by atoms with Crippen LogP contribution < -0.4 is 10.6 Å². The van der Waals surface area contributed by atoms with Crippen molar-refractivity contribution in [1.29, 1.82) is 0 Å². The molecule has 3 nitrogen and oxygen atoms in total. The van der Waals surface area contributed by atoms with Gasteiger partial charge in [0.05, 0.1) is 5.56 Å². The number of nitrogens with two attached hydrogens (primary N) is 1. The Morgan fingerprint density at radius 1 is 1.32 bits per heavy atom. The first-order valence-corrected chi connectivity index (χ1v) is 6.11. The van der Waals surface area contributed by atoms with Gasteiger partial charge >= 0.3 is 6.18 Å². The second-order valence-electron chi connectivity index (χ2n) is 4.64. The number of aliphatic hydroxyl groups is 1. The standard InChI is InChI=1S/C13H19F3N2O/c1-9(2)18(6-3-7-19)12-5-4-10(17)8-11(12)13(14,15)16/h4-5,8-9,19H,3,6-7,17H2,1-2H3. The van der Waals surface area contributed by atoms with Gasteiger partial charge in [-0.1, -0.05) is 0 Å². The highest BCUT2D eigenvalue weighted by Crippen LogP contribution is 2.38. The SMILES string of the molecule is CC(C)N(CCCO)c1ccc(N)cc1C(F)(F)F. The minimum absolute atomic E-state index is 0.0560. The Labute approximate surface area is 110 Å². The zero-order valence-electron chi connectivity index (χ0n) is 11.0. The van der Waals surface area contributed by atoms with Gasteiger partial charge in [-0.05, 0) is 38.5 Å². The first-order chi connectivity index (χ1) is 8.77. The molecule has 0 saturated carbocycles. The molecule has 0 atom stereocenters. The average molecular weight is 276 g/mol. The fourth-order valence-electron chi connectivity index (χ4n) is 1.93. The van der Waals surface area contributed by atoms with Gasteiger partial charge in [-0.2, -0.15) is 13.2 Å². The highest BCUT2D eigenvalue weighted by molar-refractivity contribution is 5.61. The van der Waals surface area contributed by atoms with Crippen molar-refractivity contribution in [1.82, 2.24) is 0 Å². The van der Waals surface area contributed by atoms with Gasteiger partial charge in [0.15, 0.2) is 0 Å². The van der Waals surface area contributed by atoms with Crippen LogP contribution in [0, 0.1) is 0 Å². The van der Waals surface area contributed by atoms with Crippen LogP contribution in [0.4, 0.5) is 24.5 Å². The summed E-state index contributed by atoms with van der Waals surface area (Å²) in [5, 5.41) is 8.85. The smallest absolute Gasteiger partial charge is 0.399 e. The molecule has 0 saturated heterocycles. The van der Waals surface area contributed by atoms with Crippen LogP contribution in [0.25, 0.3) is 0 Å². The zero-order valence-corrected chi connectivity index (χ0v) is 11.0. The predicted octanol–water partition coefficient (Wildman–Crippen LogP) is 2.88. The maximum absolute atomic E-state index is 13.0. The molecule has 0 radical (unpaired) electrons. The molecule has 6 heteroatoms. The molecule has 19 heavy (non-hydrogen) atoms.